The highest BCUT2D eigenvalue weighted by Gasteiger charge is 2.38. The van der Waals surface area contributed by atoms with E-state index in [-0.39, 0.29) is 6.61 Å². The van der Waals surface area contributed by atoms with E-state index in [4.69, 9.17) is 32.8 Å². The van der Waals surface area contributed by atoms with Crippen LogP contribution in [0.3, 0.4) is 0 Å². The minimum absolute atomic E-state index is 0.127. The average Bonchev–Trinajstić information content (AvgIpc) is 3.01. The van der Waals surface area contributed by atoms with Gasteiger partial charge in [0.2, 0.25) is 0 Å². The van der Waals surface area contributed by atoms with Gasteiger partial charge < -0.3 is 19.8 Å². The van der Waals surface area contributed by atoms with Crippen LogP contribution in [0.15, 0.2) is 24.3 Å². The summed E-state index contributed by atoms with van der Waals surface area (Å²) in [4.78, 5) is 7.49. The van der Waals surface area contributed by atoms with Crippen LogP contribution in [-0.4, -0.2) is 78.8 Å². The highest BCUT2D eigenvalue weighted by Crippen LogP contribution is 2.20. The Morgan fingerprint density at radius 3 is 2.26 bits per heavy atom. The van der Waals surface area contributed by atoms with Crippen LogP contribution in [0, 0.1) is 0 Å². The minimum atomic E-state index is -0.943. The van der Waals surface area contributed by atoms with Crippen molar-refractivity contribution >= 4 is 28.9 Å². The van der Waals surface area contributed by atoms with Crippen molar-refractivity contribution in [2.45, 2.75) is 37.7 Å². The normalized spacial score (nSPS) is 22.5. The van der Waals surface area contributed by atoms with Gasteiger partial charge in [0.1, 0.15) is 12.2 Å². The van der Waals surface area contributed by atoms with E-state index in [2.05, 4.69) is 29.2 Å². The van der Waals surface area contributed by atoms with Crippen LogP contribution in [0.4, 0.5) is 5.69 Å². The van der Waals surface area contributed by atoms with E-state index in [1.165, 1.54) is 5.56 Å². The van der Waals surface area contributed by atoms with E-state index in [9.17, 15) is 10.2 Å². The molecule has 1 aromatic carbocycles. The van der Waals surface area contributed by atoms with Gasteiger partial charge >= 0.3 is 0 Å². The largest absolute Gasteiger partial charge is 0.388 e. The van der Waals surface area contributed by atoms with E-state index in [0.29, 0.717) is 18.3 Å². The van der Waals surface area contributed by atoms with Crippen molar-refractivity contribution in [1.82, 2.24) is 5.06 Å². The van der Waals surface area contributed by atoms with Crippen LogP contribution in [0.5, 0.6) is 0 Å². The zero-order chi connectivity index (χ0) is 19.6. The molecule has 0 spiro atoms. The Hall–Kier alpha value is -0.600. The molecule has 0 aliphatic carbocycles. The lowest BCUT2D eigenvalue weighted by Crippen LogP contribution is -2.44. The SMILES string of the molecule is CON(CCCCc1ccc(N(CCCl)CCCl)cc1)[C@@H]1OC[C@@H](O)[C@@H]1O. The van der Waals surface area contributed by atoms with Gasteiger partial charge in [-0.2, -0.15) is 5.06 Å². The van der Waals surface area contributed by atoms with E-state index in [1.54, 1.807) is 12.2 Å². The zero-order valence-electron chi connectivity index (χ0n) is 15.8. The molecule has 8 heteroatoms. The number of aliphatic hydroxyl groups excluding tert-OH is 2. The van der Waals surface area contributed by atoms with Gasteiger partial charge in [-0.15, -0.1) is 23.2 Å². The highest BCUT2D eigenvalue weighted by atomic mass is 35.5. The smallest absolute Gasteiger partial charge is 0.161 e. The van der Waals surface area contributed by atoms with Crippen molar-refractivity contribution in [3.8, 4) is 0 Å². The van der Waals surface area contributed by atoms with Crippen molar-refractivity contribution < 1.29 is 19.8 Å². The zero-order valence-corrected chi connectivity index (χ0v) is 17.3. The lowest BCUT2D eigenvalue weighted by molar-refractivity contribution is -0.242. The van der Waals surface area contributed by atoms with Crippen LogP contribution < -0.4 is 4.90 Å². The van der Waals surface area contributed by atoms with Crippen molar-refractivity contribution in [2.75, 3.05) is 50.0 Å². The van der Waals surface area contributed by atoms with Gasteiger partial charge in [-0.25, -0.2) is 0 Å². The molecule has 0 saturated carbocycles. The van der Waals surface area contributed by atoms with Crippen molar-refractivity contribution in [1.29, 1.82) is 0 Å². The quantitative estimate of drug-likeness (QED) is 0.307. The van der Waals surface area contributed by atoms with Crippen molar-refractivity contribution in [3.63, 3.8) is 0 Å². The number of rotatable bonds is 12. The Morgan fingerprint density at radius 2 is 1.74 bits per heavy atom. The number of hydrogen-bond donors (Lipinski definition) is 2. The number of unbranched alkanes of at least 4 members (excludes halogenated alkanes) is 1. The van der Waals surface area contributed by atoms with Crippen LogP contribution >= 0.6 is 23.2 Å². The number of aryl methyl sites for hydroxylation is 1. The number of hydroxylamine groups is 2. The van der Waals surface area contributed by atoms with Gasteiger partial charge in [-0.1, -0.05) is 12.1 Å². The monoisotopic (exact) mass is 420 g/mol. The molecule has 1 aliphatic heterocycles. The Kier molecular flexibility index (Phi) is 10.1. The van der Waals surface area contributed by atoms with E-state index < -0.39 is 18.4 Å². The maximum Gasteiger partial charge on any atom is 0.161 e. The second-order valence-corrected chi connectivity index (χ2v) is 7.35. The van der Waals surface area contributed by atoms with E-state index in [0.717, 1.165) is 38.0 Å². The maximum atomic E-state index is 9.92. The summed E-state index contributed by atoms with van der Waals surface area (Å²) in [5, 5.41) is 21.1. The summed E-state index contributed by atoms with van der Waals surface area (Å²) in [6, 6.07) is 8.50. The second-order valence-electron chi connectivity index (χ2n) is 6.59. The number of hydrogen-bond acceptors (Lipinski definition) is 6. The van der Waals surface area contributed by atoms with Crippen LogP contribution in [0.2, 0.25) is 0 Å². The fourth-order valence-electron chi connectivity index (χ4n) is 3.20. The van der Waals surface area contributed by atoms with Gasteiger partial charge in [0.25, 0.3) is 0 Å². The lowest BCUT2D eigenvalue weighted by Gasteiger charge is -2.27. The standard InChI is InChI=1S/C19H30Cl2N2O4/c1-26-23(19-18(25)17(24)14-27-19)11-3-2-4-15-5-7-16(8-6-15)22(12-9-20)13-10-21/h5-8,17-19,24-25H,2-4,9-14H2,1H3/t17-,18+,19-/m1/s1. The molecule has 154 valence electrons. The van der Waals surface area contributed by atoms with E-state index >= 15 is 0 Å². The predicted octanol–water partition coefficient (Wildman–Crippen LogP) is 2.23. The number of alkyl halides is 2. The molecule has 0 radical (unpaired) electrons. The summed E-state index contributed by atoms with van der Waals surface area (Å²) in [5.41, 5.74) is 2.41. The fraction of sp³-hybridized carbons (Fsp3) is 0.684. The van der Waals surface area contributed by atoms with E-state index in [1.807, 2.05) is 0 Å². The number of halogens is 2. The van der Waals surface area contributed by atoms with Gasteiger partial charge in [0.15, 0.2) is 6.23 Å². The molecule has 1 aliphatic rings. The highest BCUT2D eigenvalue weighted by molar-refractivity contribution is 6.18. The molecule has 1 heterocycles. The fourth-order valence-corrected chi connectivity index (χ4v) is 3.61. The van der Waals surface area contributed by atoms with Crippen molar-refractivity contribution in [3.05, 3.63) is 29.8 Å². The molecule has 0 aromatic heterocycles. The third-order valence-electron chi connectivity index (χ3n) is 4.75. The molecular formula is C19H30Cl2N2O4. The summed E-state index contributed by atoms with van der Waals surface area (Å²) in [7, 11) is 1.55. The number of ether oxygens (including phenoxy) is 1. The number of anilines is 1. The molecule has 2 rings (SSSR count). The van der Waals surface area contributed by atoms with Gasteiger partial charge in [0.05, 0.1) is 13.7 Å². The molecule has 1 fully saturated rings. The lowest BCUT2D eigenvalue weighted by atomic mass is 10.1. The molecule has 0 unspecified atom stereocenters. The molecule has 1 saturated heterocycles. The first kappa shape index (κ1) is 22.7. The molecule has 2 N–H and O–H groups in total. The Morgan fingerprint density at radius 1 is 1.07 bits per heavy atom. The molecule has 0 bridgehead atoms. The first-order valence-electron chi connectivity index (χ1n) is 9.35. The number of nitrogens with zero attached hydrogens (tertiary/aromatic N) is 2. The third-order valence-corrected chi connectivity index (χ3v) is 5.08. The molecule has 0 amide bonds. The van der Waals surface area contributed by atoms with Crippen molar-refractivity contribution in [2.24, 2.45) is 0 Å². The maximum absolute atomic E-state index is 9.92. The Labute approximate surface area is 171 Å². The number of aliphatic hydroxyl groups is 2. The molecule has 3 atom stereocenters. The number of benzene rings is 1. The summed E-state index contributed by atoms with van der Waals surface area (Å²) in [5.74, 6) is 1.15. The summed E-state index contributed by atoms with van der Waals surface area (Å²) in [6.45, 7) is 2.32. The summed E-state index contributed by atoms with van der Waals surface area (Å²) < 4.78 is 5.40. The van der Waals surface area contributed by atoms with Crippen LogP contribution in [0.25, 0.3) is 0 Å². The van der Waals surface area contributed by atoms with Crippen LogP contribution in [0.1, 0.15) is 18.4 Å². The van der Waals surface area contributed by atoms with Gasteiger partial charge in [-0.05, 0) is 37.0 Å². The minimum Gasteiger partial charge on any atom is -0.388 e. The predicted molar refractivity (Wildman–Crippen MR) is 109 cm³/mol. The Bertz CT molecular complexity index is 529. The summed E-state index contributed by atoms with van der Waals surface area (Å²) >= 11 is 11.7. The van der Waals surface area contributed by atoms with Gasteiger partial charge in [0, 0.05) is 37.1 Å². The summed E-state index contributed by atoms with van der Waals surface area (Å²) in [6.07, 6.45) is 0.420. The first-order valence-corrected chi connectivity index (χ1v) is 10.4. The molecule has 1 aromatic rings. The van der Waals surface area contributed by atoms with Gasteiger partial charge in [-0.3, -0.25) is 4.84 Å². The molecular weight excluding hydrogens is 391 g/mol. The average molecular weight is 421 g/mol. The molecule has 6 nitrogen and oxygen atoms in total. The topological polar surface area (TPSA) is 65.4 Å². The Balaban J connectivity index is 1.76. The molecule has 27 heavy (non-hydrogen) atoms. The third kappa shape index (κ3) is 6.75. The first-order chi connectivity index (χ1) is 13.1. The van der Waals surface area contributed by atoms with Crippen LogP contribution in [-0.2, 0) is 16.0 Å². The second kappa shape index (κ2) is 12.1.